The number of aromatic nitrogens is 3. The van der Waals surface area contributed by atoms with Crippen molar-refractivity contribution < 1.29 is 18.5 Å². The van der Waals surface area contributed by atoms with Gasteiger partial charge in [-0.1, -0.05) is 58.6 Å². The van der Waals surface area contributed by atoms with E-state index < -0.39 is 5.91 Å². The van der Waals surface area contributed by atoms with Gasteiger partial charge in [0, 0.05) is 12.6 Å². The van der Waals surface area contributed by atoms with Crippen molar-refractivity contribution in [2.75, 3.05) is 11.1 Å². The van der Waals surface area contributed by atoms with Crippen LogP contribution in [0.15, 0.2) is 68.1 Å². The summed E-state index contributed by atoms with van der Waals surface area (Å²) in [6, 6.07) is 14.5. The van der Waals surface area contributed by atoms with Crippen LogP contribution in [0.4, 0.5) is 5.13 Å². The maximum absolute atomic E-state index is 12.3. The Balaban J connectivity index is 1.26. The van der Waals surface area contributed by atoms with Crippen molar-refractivity contribution in [2.24, 2.45) is 0 Å². The number of anilines is 1. The first-order chi connectivity index (χ1) is 14.7. The third-order valence-electron chi connectivity index (χ3n) is 3.79. The van der Waals surface area contributed by atoms with Crippen molar-refractivity contribution in [1.29, 1.82) is 0 Å². The van der Waals surface area contributed by atoms with E-state index in [4.69, 9.17) is 8.94 Å². The van der Waals surface area contributed by atoms with Crippen molar-refractivity contribution >= 4 is 40.0 Å². The number of nitrogens with zero attached hydrogens (tertiary/aromatic N) is 3. The van der Waals surface area contributed by atoms with Crippen LogP contribution in [0.3, 0.4) is 0 Å². The number of hydrogen-bond donors (Lipinski definition) is 2. The van der Waals surface area contributed by atoms with E-state index in [2.05, 4.69) is 26.0 Å². The van der Waals surface area contributed by atoms with Crippen LogP contribution in [0.2, 0.25) is 0 Å². The fraction of sp³-hybridized carbons (Fsp3) is 0.105. The number of benzene rings is 1. The SMILES string of the molecule is O=C(CSc1nnc(NC(=O)c2cc(-c3ccco3)on2)s1)NCc1ccccc1. The minimum Gasteiger partial charge on any atom is -0.461 e. The zero-order chi connectivity index (χ0) is 20.8. The van der Waals surface area contributed by atoms with Crippen molar-refractivity contribution in [1.82, 2.24) is 20.7 Å². The van der Waals surface area contributed by atoms with Crippen molar-refractivity contribution in [3.05, 3.63) is 66.1 Å². The van der Waals surface area contributed by atoms with Gasteiger partial charge in [-0.2, -0.15) is 0 Å². The Kier molecular flexibility index (Phi) is 6.20. The predicted octanol–water partition coefficient (Wildman–Crippen LogP) is 3.45. The summed E-state index contributed by atoms with van der Waals surface area (Å²) in [6.45, 7) is 0.468. The van der Waals surface area contributed by atoms with E-state index in [1.165, 1.54) is 35.4 Å². The third-order valence-corrected chi connectivity index (χ3v) is 5.76. The molecule has 0 spiro atoms. The van der Waals surface area contributed by atoms with Gasteiger partial charge in [0.1, 0.15) is 0 Å². The Morgan fingerprint density at radius 1 is 1.07 bits per heavy atom. The van der Waals surface area contributed by atoms with Crippen LogP contribution in [0.5, 0.6) is 0 Å². The molecule has 3 aromatic heterocycles. The largest absolute Gasteiger partial charge is 0.461 e. The number of furan rings is 1. The van der Waals surface area contributed by atoms with Gasteiger partial charge in [-0.25, -0.2) is 0 Å². The molecule has 1 aromatic carbocycles. The van der Waals surface area contributed by atoms with Gasteiger partial charge in [0.25, 0.3) is 5.91 Å². The van der Waals surface area contributed by atoms with Crippen LogP contribution < -0.4 is 10.6 Å². The highest BCUT2D eigenvalue weighted by atomic mass is 32.2. The topological polar surface area (TPSA) is 123 Å². The molecule has 0 bridgehead atoms. The van der Waals surface area contributed by atoms with Crippen LogP contribution in [0.25, 0.3) is 11.5 Å². The van der Waals surface area contributed by atoms with Crippen LogP contribution >= 0.6 is 23.1 Å². The van der Waals surface area contributed by atoms with E-state index in [1.54, 1.807) is 12.1 Å². The minimum atomic E-state index is -0.482. The predicted molar refractivity (Wildman–Crippen MR) is 111 cm³/mol. The fourth-order valence-corrected chi connectivity index (χ4v) is 3.95. The van der Waals surface area contributed by atoms with Gasteiger partial charge in [-0.05, 0) is 17.7 Å². The number of nitrogens with one attached hydrogen (secondary N) is 2. The second kappa shape index (κ2) is 9.37. The first-order valence-corrected chi connectivity index (χ1v) is 10.6. The third kappa shape index (κ3) is 5.13. The molecule has 4 rings (SSSR count). The van der Waals surface area contributed by atoms with Crippen LogP contribution in [-0.2, 0) is 11.3 Å². The van der Waals surface area contributed by atoms with Gasteiger partial charge in [-0.15, -0.1) is 10.2 Å². The van der Waals surface area contributed by atoms with Crippen LogP contribution in [-0.4, -0.2) is 32.9 Å². The highest BCUT2D eigenvalue weighted by Gasteiger charge is 2.17. The van der Waals surface area contributed by atoms with Crippen LogP contribution in [0, 0.1) is 0 Å². The Hall–Kier alpha value is -3.44. The van der Waals surface area contributed by atoms with E-state index in [-0.39, 0.29) is 17.4 Å². The summed E-state index contributed by atoms with van der Waals surface area (Å²) in [5.41, 5.74) is 1.12. The highest BCUT2D eigenvalue weighted by Crippen LogP contribution is 2.26. The van der Waals surface area contributed by atoms with E-state index in [1.807, 2.05) is 30.3 Å². The van der Waals surface area contributed by atoms with E-state index in [0.717, 1.165) is 5.56 Å². The van der Waals surface area contributed by atoms with Gasteiger partial charge >= 0.3 is 0 Å². The molecule has 4 aromatic rings. The lowest BCUT2D eigenvalue weighted by molar-refractivity contribution is -0.118. The normalized spacial score (nSPS) is 10.7. The fourth-order valence-electron chi connectivity index (χ4n) is 2.37. The van der Waals surface area contributed by atoms with E-state index >= 15 is 0 Å². The lowest BCUT2D eigenvalue weighted by Crippen LogP contribution is -2.24. The number of hydrogen-bond acceptors (Lipinski definition) is 9. The standard InChI is InChI=1S/C19H15N5O4S2/c25-16(20-10-12-5-2-1-3-6-12)11-29-19-23-22-18(30-19)21-17(26)13-9-15(28-24-13)14-7-4-8-27-14/h1-9H,10-11H2,(H,20,25)(H,21,22,26). The molecule has 0 fully saturated rings. The number of rotatable bonds is 8. The Morgan fingerprint density at radius 3 is 2.73 bits per heavy atom. The molecule has 0 aliphatic carbocycles. The summed E-state index contributed by atoms with van der Waals surface area (Å²) in [6.07, 6.45) is 1.50. The summed E-state index contributed by atoms with van der Waals surface area (Å²) < 4.78 is 10.9. The maximum Gasteiger partial charge on any atom is 0.279 e. The van der Waals surface area contributed by atoms with Crippen molar-refractivity contribution in [3.63, 3.8) is 0 Å². The molecule has 2 amide bonds. The molecule has 11 heteroatoms. The minimum absolute atomic E-state index is 0.0890. The average Bonchev–Trinajstić information content (AvgIpc) is 3.53. The molecule has 3 heterocycles. The molecule has 0 saturated heterocycles. The van der Waals surface area contributed by atoms with E-state index in [9.17, 15) is 9.59 Å². The quantitative estimate of drug-likeness (QED) is 0.315. The summed E-state index contributed by atoms with van der Waals surface area (Å²) in [5, 5.41) is 17.4. The van der Waals surface area contributed by atoms with Crippen molar-refractivity contribution in [3.8, 4) is 11.5 Å². The first kappa shape index (κ1) is 19.9. The Morgan fingerprint density at radius 2 is 1.93 bits per heavy atom. The average molecular weight is 441 g/mol. The number of carbonyl (C=O) groups excluding carboxylic acids is 2. The molecule has 0 saturated carbocycles. The molecule has 152 valence electrons. The summed E-state index contributed by atoms with van der Waals surface area (Å²) in [4.78, 5) is 24.3. The van der Waals surface area contributed by atoms with Gasteiger partial charge < -0.3 is 14.3 Å². The Labute approximate surface area is 178 Å². The molecule has 0 atom stereocenters. The lowest BCUT2D eigenvalue weighted by atomic mass is 10.2. The smallest absolute Gasteiger partial charge is 0.279 e. The second-order valence-corrected chi connectivity index (χ2v) is 8.13. The molecule has 0 unspecified atom stereocenters. The Bertz CT molecular complexity index is 1120. The van der Waals surface area contributed by atoms with Crippen LogP contribution in [0.1, 0.15) is 16.1 Å². The number of thioether (sulfide) groups is 1. The van der Waals surface area contributed by atoms with Gasteiger partial charge in [-0.3, -0.25) is 14.9 Å². The summed E-state index contributed by atoms with van der Waals surface area (Å²) in [5.74, 6) is 0.426. The lowest BCUT2D eigenvalue weighted by Gasteiger charge is -2.03. The van der Waals surface area contributed by atoms with Crippen molar-refractivity contribution in [2.45, 2.75) is 10.9 Å². The maximum atomic E-state index is 12.3. The molecular weight excluding hydrogens is 426 g/mol. The zero-order valence-corrected chi connectivity index (χ0v) is 17.0. The molecule has 0 aliphatic heterocycles. The monoisotopic (exact) mass is 441 g/mol. The van der Waals surface area contributed by atoms with E-state index in [0.29, 0.717) is 27.5 Å². The molecule has 0 radical (unpaired) electrons. The van der Waals surface area contributed by atoms with Gasteiger partial charge in [0.05, 0.1) is 12.0 Å². The molecule has 9 nitrogen and oxygen atoms in total. The molecule has 2 N–H and O–H groups in total. The molecule has 30 heavy (non-hydrogen) atoms. The first-order valence-electron chi connectivity index (χ1n) is 8.76. The number of amides is 2. The van der Waals surface area contributed by atoms with Gasteiger partial charge in [0.15, 0.2) is 15.8 Å². The highest BCUT2D eigenvalue weighted by molar-refractivity contribution is 8.01. The van der Waals surface area contributed by atoms with Gasteiger partial charge in [0.2, 0.25) is 16.8 Å². The second-order valence-electron chi connectivity index (χ2n) is 5.93. The summed E-state index contributed by atoms with van der Waals surface area (Å²) in [7, 11) is 0. The summed E-state index contributed by atoms with van der Waals surface area (Å²) >= 11 is 2.41. The number of carbonyl (C=O) groups is 2. The molecular formula is C19H15N5O4S2. The molecule has 0 aliphatic rings. The zero-order valence-electron chi connectivity index (χ0n) is 15.4.